The van der Waals surface area contributed by atoms with Crippen molar-refractivity contribution in [3.05, 3.63) is 82.6 Å². The van der Waals surface area contributed by atoms with Crippen LogP contribution in [-0.2, 0) is 0 Å². The van der Waals surface area contributed by atoms with E-state index < -0.39 is 0 Å². The molecule has 0 aliphatic heterocycles. The first kappa shape index (κ1) is 19.4. The van der Waals surface area contributed by atoms with Crippen LogP contribution in [0.25, 0.3) is 0 Å². The average Bonchev–Trinajstić information content (AvgIpc) is 2.70. The highest BCUT2D eigenvalue weighted by molar-refractivity contribution is 6.31. The number of carbonyl (C=O) groups excluding carboxylic acids is 2. The standard InChI is InChI=1S/C21H18ClN3O3/c1-13-5-7-15(11-17(13)20(26)25-16-4-3-9-23-12-16)24-21(27)18-10-14(22)6-8-19(18)28-2/h3-12H,1-2H3,(H,24,27)(H,25,26). The Morgan fingerprint density at radius 3 is 2.43 bits per heavy atom. The van der Waals surface area contributed by atoms with Crippen LogP contribution in [0.3, 0.4) is 0 Å². The van der Waals surface area contributed by atoms with E-state index >= 15 is 0 Å². The molecule has 1 aromatic heterocycles. The molecule has 0 saturated heterocycles. The lowest BCUT2D eigenvalue weighted by atomic mass is 10.1. The lowest BCUT2D eigenvalue weighted by Crippen LogP contribution is -2.16. The first-order valence-electron chi connectivity index (χ1n) is 8.45. The van der Waals surface area contributed by atoms with Gasteiger partial charge in [0.2, 0.25) is 0 Å². The molecule has 0 aliphatic carbocycles. The van der Waals surface area contributed by atoms with Crippen LogP contribution in [-0.4, -0.2) is 23.9 Å². The van der Waals surface area contributed by atoms with Crippen LogP contribution < -0.4 is 15.4 Å². The number of aryl methyl sites for hydroxylation is 1. The highest BCUT2D eigenvalue weighted by Gasteiger charge is 2.15. The van der Waals surface area contributed by atoms with Crippen LogP contribution in [0.5, 0.6) is 5.75 Å². The zero-order chi connectivity index (χ0) is 20.1. The molecule has 0 aliphatic rings. The molecule has 7 heteroatoms. The Balaban J connectivity index is 1.82. The van der Waals surface area contributed by atoms with E-state index in [-0.39, 0.29) is 11.8 Å². The molecule has 2 N–H and O–H groups in total. The number of methoxy groups -OCH3 is 1. The molecule has 142 valence electrons. The zero-order valence-corrected chi connectivity index (χ0v) is 16.1. The number of anilines is 2. The Morgan fingerprint density at radius 2 is 1.71 bits per heavy atom. The monoisotopic (exact) mass is 395 g/mol. The number of halogens is 1. The smallest absolute Gasteiger partial charge is 0.259 e. The number of carbonyl (C=O) groups is 2. The van der Waals surface area contributed by atoms with E-state index in [9.17, 15) is 9.59 Å². The van der Waals surface area contributed by atoms with Gasteiger partial charge in [0.1, 0.15) is 5.75 Å². The molecule has 2 amide bonds. The number of ether oxygens (including phenoxy) is 1. The highest BCUT2D eigenvalue weighted by atomic mass is 35.5. The van der Waals surface area contributed by atoms with Gasteiger partial charge in [0.05, 0.1) is 24.6 Å². The van der Waals surface area contributed by atoms with E-state index in [0.717, 1.165) is 5.56 Å². The maximum atomic E-state index is 12.6. The minimum Gasteiger partial charge on any atom is -0.496 e. The van der Waals surface area contributed by atoms with Gasteiger partial charge in [-0.25, -0.2) is 0 Å². The van der Waals surface area contributed by atoms with Gasteiger partial charge in [0, 0.05) is 22.5 Å². The fourth-order valence-corrected chi connectivity index (χ4v) is 2.81. The summed E-state index contributed by atoms with van der Waals surface area (Å²) in [4.78, 5) is 29.2. The second-order valence-electron chi connectivity index (χ2n) is 6.02. The Morgan fingerprint density at radius 1 is 0.964 bits per heavy atom. The predicted molar refractivity (Wildman–Crippen MR) is 109 cm³/mol. The second-order valence-corrected chi connectivity index (χ2v) is 6.46. The van der Waals surface area contributed by atoms with Gasteiger partial charge in [-0.3, -0.25) is 14.6 Å². The summed E-state index contributed by atoms with van der Waals surface area (Å²) in [6.07, 6.45) is 3.19. The van der Waals surface area contributed by atoms with Crippen LogP contribution in [0.2, 0.25) is 5.02 Å². The molecule has 6 nitrogen and oxygen atoms in total. The van der Waals surface area contributed by atoms with Gasteiger partial charge in [-0.15, -0.1) is 0 Å². The number of pyridine rings is 1. The first-order valence-corrected chi connectivity index (χ1v) is 8.82. The van der Waals surface area contributed by atoms with Crippen molar-refractivity contribution in [2.45, 2.75) is 6.92 Å². The second kappa shape index (κ2) is 8.54. The predicted octanol–water partition coefficient (Wildman–Crippen LogP) is 4.56. The molecular weight excluding hydrogens is 378 g/mol. The van der Waals surface area contributed by atoms with Gasteiger partial charge >= 0.3 is 0 Å². The minimum atomic E-state index is -0.387. The lowest BCUT2D eigenvalue weighted by molar-refractivity contribution is 0.101. The van der Waals surface area contributed by atoms with E-state index in [4.69, 9.17) is 16.3 Å². The SMILES string of the molecule is COc1ccc(Cl)cc1C(=O)Nc1ccc(C)c(C(=O)Nc2cccnc2)c1. The number of aromatic nitrogens is 1. The van der Waals surface area contributed by atoms with Crippen molar-refractivity contribution in [1.82, 2.24) is 4.98 Å². The van der Waals surface area contributed by atoms with Gasteiger partial charge < -0.3 is 15.4 Å². The summed E-state index contributed by atoms with van der Waals surface area (Å²) in [5.41, 5.74) is 2.59. The van der Waals surface area contributed by atoms with Crippen molar-refractivity contribution in [3.63, 3.8) is 0 Å². The Labute approximate surface area is 167 Å². The van der Waals surface area contributed by atoms with Gasteiger partial charge in [0.25, 0.3) is 11.8 Å². The molecule has 2 aromatic carbocycles. The molecule has 0 atom stereocenters. The topological polar surface area (TPSA) is 80.3 Å². The maximum absolute atomic E-state index is 12.6. The quantitative estimate of drug-likeness (QED) is 0.663. The largest absolute Gasteiger partial charge is 0.496 e. The molecular formula is C21H18ClN3O3. The van der Waals surface area contributed by atoms with Gasteiger partial charge in [0.15, 0.2) is 0 Å². The summed E-state index contributed by atoms with van der Waals surface area (Å²) in [5.74, 6) is -0.271. The van der Waals surface area contributed by atoms with Crippen molar-refractivity contribution >= 4 is 34.8 Å². The first-order chi connectivity index (χ1) is 13.5. The summed E-state index contributed by atoms with van der Waals surface area (Å²) in [6.45, 7) is 1.82. The summed E-state index contributed by atoms with van der Waals surface area (Å²) in [5, 5.41) is 5.98. The Bertz CT molecular complexity index is 1020. The normalized spacial score (nSPS) is 10.2. The minimum absolute atomic E-state index is 0.290. The summed E-state index contributed by atoms with van der Waals surface area (Å²) < 4.78 is 5.22. The van der Waals surface area contributed by atoms with Gasteiger partial charge in [-0.05, 0) is 55.0 Å². The van der Waals surface area contributed by atoms with E-state index in [1.54, 1.807) is 54.9 Å². The van der Waals surface area contributed by atoms with Crippen molar-refractivity contribution in [3.8, 4) is 5.75 Å². The van der Waals surface area contributed by atoms with Crippen molar-refractivity contribution < 1.29 is 14.3 Å². The van der Waals surface area contributed by atoms with Crippen LogP contribution in [0, 0.1) is 6.92 Å². The maximum Gasteiger partial charge on any atom is 0.259 e. The molecule has 0 saturated carbocycles. The lowest BCUT2D eigenvalue weighted by Gasteiger charge is -2.12. The number of rotatable bonds is 5. The number of benzene rings is 2. The van der Waals surface area contributed by atoms with E-state index in [0.29, 0.717) is 33.3 Å². The fraction of sp³-hybridized carbons (Fsp3) is 0.0952. The highest BCUT2D eigenvalue weighted by Crippen LogP contribution is 2.24. The van der Waals surface area contributed by atoms with E-state index in [1.165, 1.54) is 13.2 Å². The molecule has 0 spiro atoms. The fourth-order valence-electron chi connectivity index (χ4n) is 2.64. The van der Waals surface area contributed by atoms with Crippen LogP contribution in [0.15, 0.2) is 60.9 Å². The molecule has 0 radical (unpaired) electrons. The molecule has 0 fully saturated rings. The number of hydrogen-bond donors (Lipinski definition) is 2. The number of hydrogen-bond acceptors (Lipinski definition) is 4. The van der Waals surface area contributed by atoms with Crippen molar-refractivity contribution in [2.24, 2.45) is 0 Å². The van der Waals surface area contributed by atoms with E-state index in [1.807, 2.05) is 6.92 Å². The number of nitrogens with zero attached hydrogens (tertiary/aromatic N) is 1. The molecule has 3 rings (SSSR count). The third kappa shape index (κ3) is 4.47. The number of nitrogens with one attached hydrogen (secondary N) is 2. The van der Waals surface area contributed by atoms with Crippen LogP contribution in [0.1, 0.15) is 26.3 Å². The molecule has 0 bridgehead atoms. The molecule has 3 aromatic rings. The van der Waals surface area contributed by atoms with Gasteiger partial charge in [-0.2, -0.15) is 0 Å². The summed E-state index contributed by atoms with van der Waals surface area (Å²) >= 11 is 5.99. The molecule has 28 heavy (non-hydrogen) atoms. The van der Waals surface area contributed by atoms with Crippen LogP contribution in [0.4, 0.5) is 11.4 Å². The molecule has 1 heterocycles. The number of amides is 2. The summed E-state index contributed by atoms with van der Waals surface area (Å²) in [6, 6.07) is 13.4. The third-order valence-corrected chi connectivity index (χ3v) is 4.30. The average molecular weight is 396 g/mol. The third-order valence-electron chi connectivity index (χ3n) is 4.07. The van der Waals surface area contributed by atoms with Crippen molar-refractivity contribution in [2.75, 3.05) is 17.7 Å². The van der Waals surface area contributed by atoms with Crippen LogP contribution >= 0.6 is 11.6 Å². The van der Waals surface area contributed by atoms with Crippen molar-refractivity contribution in [1.29, 1.82) is 0 Å². The van der Waals surface area contributed by atoms with Gasteiger partial charge in [-0.1, -0.05) is 17.7 Å². The van der Waals surface area contributed by atoms with E-state index in [2.05, 4.69) is 15.6 Å². The summed E-state index contributed by atoms with van der Waals surface area (Å²) in [7, 11) is 1.48. The Kier molecular flexibility index (Phi) is 5.91. The Hall–Kier alpha value is -3.38. The molecule has 0 unspecified atom stereocenters. The zero-order valence-electron chi connectivity index (χ0n) is 15.3.